The van der Waals surface area contributed by atoms with Crippen molar-refractivity contribution in [3.8, 4) is 11.4 Å². The van der Waals surface area contributed by atoms with Gasteiger partial charge in [-0.05, 0) is 36.8 Å². The predicted octanol–water partition coefficient (Wildman–Crippen LogP) is 3.43. The first-order valence-electron chi connectivity index (χ1n) is 10.7. The first-order chi connectivity index (χ1) is 14.4. The van der Waals surface area contributed by atoms with Gasteiger partial charge < -0.3 is 14.6 Å². The molecule has 0 atom stereocenters. The summed E-state index contributed by atoms with van der Waals surface area (Å²) in [4.78, 5) is 20.2. The van der Waals surface area contributed by atoms with Crippen molar-refractivity contribution >= 4 is 32.5 Å². The average Bonchev–Trinajstić information content (AvgIpc) is 3.39. The number of likely N-dealkylation sites (N-methyl/N-ethyl adjacent to an activating group) is 1. The number of morpholine rings is 1. The molecule has 2 aliphatic rings. The number of amides is 1. The molecule has 0 bridgehead atoms. The van der Waals surface area contributed by atoms with E-state index in [2.05, 4.69) is 46.1 Å². The number of carbonyl (C=O) groups excluding carboxylic acids is 1. The zero-order chi connectivity index (χ0) is 20.9. The number of aromatic amines is 2. The maximum atomic E-state index is 12.7. The number of nitrogens with one attached hydrogen (secondary N) is 2. The van der Waals surface area contributed by atoms with E-state index >= 15 is 0 Å². The third-order valence-corrected chi connectivity index (χ3v) is 7.53. The van der Waals surface area contributed by atoms with Gasteiger partial charge in [0.15, 0.2) is 0 Å². The van der Waals surface area contributed by atoms with E-state index in [1.165, 1.54) is 17.7 Å². The van der Waals surface area contributed by atoms with Crippen LogP contribution in [-0.2, 0) is 22.4 Å². The molecule has 0 radical (unpaired) electrons. The molecule has 5 rings (SSSR count). The van der Waals surface area contributed by atoms with Crippen LogP contribution >= 0.6 is 11.3 Å². The number of fused-ring (bicyclic) bond motifs is 2. The first-order valence-corrected chi connectivity index (χ1v) is 11.5. The van der Waals surface area contributed by atoms with Crippen LogP contribution in [0.3, 0.4) is 0 Å². The van der Waals surface area contributed by atoms with Crippen LogP contribution in [0.1, 0.15) is 31.5 Å². The van der Waals surface area contributed by atoms with E-state index in [1.54, 1.807) is 16.2 Å². The molecule has 0 saturated carbocycles. The third-order valence-electron chi connectivity index (χ3n) is 6.37. The lowest BCUT2D eigenvalue weighted by molar-refractivity contribution is -0.120. The van der Waals surface area contributed by atoms with Crippen LogP contribution in [0.2, 0.25) is 0 Å². The van der Waals surface area contributed by atoms with Gasteiger partial charge in [-0.3, -0.25) is 14.8 Å². The maximum absolute atomic E-state index is 12.7. The predicted molar refractivity (Wildman–Crippen MR) is 120 cm³/mol. The van der Waals surface area contributed by atoms with Crippen molar-refractivity contribution < 1.29 is 9.53 Å². The van der Waals surface area contributed by atoms with Crippen molar-refractivity contribution in [2.75, 3.05) is 44.8 Å². The van der Waals surface area contributed by atoms with Crippen molar-refractivity contribution in [1.82, 2.24) is 20.1 Å². The molecule has 0 aromatic carbocycles. The second-order valence-electron chi connectivity index (χ2n) is 9.26. The van der Waals surface area contributed by atoms with E-state index < -0.39 is 0 Å². The number of nitrogens with zero attached hydrogens (tertiary/aromatic N) is 3. The summed E-state index contributed by atoms with van der Waals surface area (Å²) in [6.45, 7) is 8.12. The van der Waals surface area contributed by atoms with Gasteiger partial charge >= 0.3 is 0 Å². The first kappa shape index (κ1) is 19.8. The molecule has 7 nitrogen and oxygen atoms in total. The number of hydrogen-bond donors (Lipinski definition) is 2. The minimum absolute atomic E-state index is 0.116. The number of H-pyrrole nitrogens is 2. The summed E-state index contributed by atoms with van der Waals surface area (Å²) in [6, 6.07) is 4.24. The Morgan fingerprint density at radius 2 is 2.13 bits per heavy atom. The van der Waals surface area contributed by atoms with E-state index in [-0.39, 0.29) is 5.91 Å². The lowest BCUT2D eigenvalue weighted by Gasteiger charge is -2.29. The topological polar surface area (TPSA) is 77.2 Å². The van der Waals surface area contributed by atoms with Crippen molar-refractivity contribution in [1.29, 1.82) is 0 Å². The Kier molecular flexibility index (Phi) is 4.95. The van der Waals surface area contributed by atoms with E-state index in [0.29, 0.717) is 25.2 Å². The SMILES string of the molecule is CN(C(=O)CN1CCOCC1)c1cc2[nH]c(-c3n[nH]c4c3CCC(C)(C)C4)cc2s1. The highest BCUT2D eigenvalue weighted by molar-refractivity contribution is 7.23. The van der Waals surface area contributed by atoms with Gasteiger partial charge in [0.05, 0.1) is 35.7 Å². The number of thiophene rings is 1. The van der Waals surface area contributed by atoms with Gasteiger partial charge in [0.2, 0.25) is 5.91 Å². The van der Waals surface area contributed by atoms with E-state index in [1.807, 2.05) is 7.05 Å². The molecule has 0 unspecified atom stereocenters. The van der Waals surface area contributed by atoms with Crippen LogP contribution in [0, 0.1) is 5.41 Å². The van der Waals surface area contributed by atoms with Crippen LogP contribution in [0.5, 0.6) is 0 Å². The fourth-order valence-corrected chi connectivity index (χ4v) is 5.49. The minimum atomic E-state index is 0.116. The number of anilines is 1. The molecule has 1 aliphatic heterocycles. The molecular formula is C22H29N5O2S. The maximum Gasteiger partial charge on any atom is 0.241 e. The number of ether oxygens (including phenoxy) is 1. The molecular weight excluding hydrogens is 398 g/mol. The zero-order valence-corrected chi connectivity index (χ0v) is 18.7. The molecule has 3 aromatic rings. The molecule has 1 amide bonds. The Hall–Kier alpha value is -2.16. The molecule has 1 saturated heterocycles. The fraction of sp³-hybridized carbons (Fsp3) is 0.545. The Labute approximate surface area is 180 Å². The van der Waals surface area contributed by atoms with Crippen molar-refractivity contribution in [2.45, 2.75) is 33.1 Å². The van der Waals surface area contributed by atoms with Crippen molar-refractivity contribution in [3.63, 3.8) is 0 Å². The summed E-state index contributed by atoms with van der Waals surface area (Å²) in [6.07, 6.45) is 3.29. The molecule has 1 aliphatic carbocycles. The molecule has 0 spiro atoms. The van der Waals surface area contributed by atoms with Gasteiger partial charge in [-0.2, -0.15) is 5.10 Å². The average molecular weight is 428 g/mol. The number of rotatable bonds is 4. The van der Waals surface area contributed by atoms with Crippen LogP contribution in [0.15, 0.2) is 12.1 Å². The number of carbonyl (C=O) groups is 1. The quantitative estimate of drug-likeness (QED) is 0.669. The normalized spacial score (nSPS) is 19.2. The number of hydrogen-bond acceptors (Lipinski definition) is 5. The second kappa shape index (κ2) is 7.51. The summed E-state index contributed by atoms with van der Waals surface area (Å²) in [5.41, 5.74) is 6.11. The fourth-order valence-electron chi connectivity index (χ4n) is 4.45. The summed E-state index contributed by atoms with van der Waals surface area (Å²) in [5.74, 6) is 0.116. The summed E-state index contributed by atoms with van der Waals surface area (Å²) < 4.78 is 6.52. The van der Waals surface area contributed by atoms with Gasteiger partial charge in [0.1, 0.15) is 10.7 Å². The van der Waals surface area contributed by atoms with E-state index in [0.717, 1.165) is 52.5 Å². The summed E-state index contributed by atoms with van der Waals surface area (Å²) in [5, 5.41) is 8.86. The molecule has 1 fully saturated rings. The van der Waals surface area contributed by atoms with Gasteiger partial charge in [0, 0.05) is 31.4 Å². The molecule has 30 heavy (non-hydrogen) atoms. The zero-order valence-electron chi connectivity index (χ0n) is 17.9. The smallest absolute Gasteiger partial charge is 0.241 e. The largest absolute Gasteiger partial charge is 0.379 e. The minimum Gasteiger partial charge on any atom is -0.379 e. The van der Waals surface area contributed by atoms with Crippen molar-refractivity contribution in [2.24, 2.45) is 5.41 Å². The van der Waals surface area contributed by atoms with Gasteiger partial charge in [-0.15, -0.1) is 11.3 Å². The molecule has 2 N–H and O–H groups in total. The van der Waals surface area contributed by atoms with Gasteiger partial charge in [-0.25, -0.2) is 0 Å². The molecule has 4 heterocycles. The Morgan fingerprint density at radius 3 is 2.90 bits per heavy atom. The van der Waals surface area contributed by atoms with Crippen LogP contribution in [0.25, 0.3) is 21.6 Å². The lowest BCUT2D eigenvalue weighted by atomic mass is 9.76. The number of aromatic nitrogens is 3. The highest BCUT2D eigenvalue weighted by atomic mass is 32.1. The Morgan fingerprint density at radius 1 is 1.33 bits per heavy atom. The lowest BCUT2D eigenvalue weighted by Crippen LogP contribution is -2.43. The highest BCUT2D eigenvalue weighted by Crippen LogP contribution is 2.40. The van der Waals surface area contributed by atoms with Gasteiger partial charge in [0.25, 0.3) is 0 Å². The van der Waals surface area contributed by atoms with Crippen molar-refractivity contribution in [3.05, 3.63) is 23.4 Å². The Balaban J connectivity index is 1.33. The molecule has 3 aromatic heterocycles. The monoisotopic (exact) mass is 427 g/mol. The van der Waals surface area contributed by atoms with Crippen LogP contribution in [0.4, 0.5) is 5.00 Å². The summed E-state index contributed by atoms with van der Waals surface area (Å²) in [7, 11) is 1.86. The third kappa shape index (κ3) is 3.68. The van der Waals surface area contributed by atoms with Gasteiger partial charge in [-0.1, -0.05) is 13.8 Å². The summed E-state index contributed by atoms with van der Waals surface area (Å²) >= 11 is 1.64. The Bertz CT molecular complexity index is 1040. The highest BCUT2D eigenvalue weighted by Gasteiger charge is 2.29. The molecule has 160 valence electrons. The van der Waals surface area contributed by atoms with E-state index in [4.69, 9.17) is 4.74 Å². The standard InChI is InChI=1S/C22H29N5O2S/c1-22(2)5-4-14-17(12-22)24-25-21(14)16-10-18-15(23-16)11-20(30-18)26(3)19(28)13-27-6-8-29-9-7-27/h10-11,23H,4-9,12-13H2,1-3H3,(H,24,25). The van der Waals surface area contributed by atoms with E-state index in [9.17, 15) is 4.79 Å². The second-order valence-corrected chi connectivity index (χ2v) is 10.3. The van der Waals surface area contributed by atoms with Crippen LogP contribution in [-0.4, -0.2) is 65.9 Å². The molecule has 8 heteroatoms. The van der Waals surface area contributed by atoms with Crippen LogP contribution < -0.4 is 4.90 Å².